The first-order valence-corrected chi connectivity index (χ1v) is 10.1. The molecule has 0 aromatic heterocycles. The minimum absolute atomic E-state index is 0.183. The van der Waals surface area contributed by atoms with Gasteiger partial charge in [0.2, 0.25) is 0 Å². The number of aryl methyl sites for hydroxylation is 1. The molecule has 0 aliphatic carbocycles. The minimum atomic E-state index is -3.69. The van der Waals surface area contributed by atoms with Crippen molar-refractivity contribution in [3.05, 3.63) is 59.2 Å². The van der Waals surface area contributed by atoms with E-state index in [-0.39, 0.29) is 10.8 Å². The molecule has 2 heterocycles. The van der Waals surface area contributed by atoms with Gasteiger partial charge < -0.3 is 5.32 Å². The number of carbonyl (C=O) groups is 1. The third-order valence-electron chi connectivity index (χ3n) is 4.89. The number of para-hydroxylation sites is 1. The summed E-state index contributed by atoms with van der Waals surface area (Å²) in [6, 6.07) is 12.5. The molecule has 2 aliphatic heterocycles. The van der Waals surface area contributed by atoms with Gasteiger partial charge in [-0.05, 0) is 56.5 Å². The molecule has 5 nitrogen and oxygen atoms in total. The number of hydrogen-bond donors (Lipinski definition) is 1. The van der Waals surface area contributed by atoms with E-state index >= 15 is 0 Å². The standard InChI is InChI=1S/C20H20N2O3S/c1-13(2)19-16-12-15(9-10-17(16)21-20(19)23)26(24,25)22-11-5-7-14-6-3-4-8-18(14)22/h3-4,6,8-10,12H,5,7,11H2,1-2H3,(H,21,23). The van der Waals surface area contributed by atoms with Gasteiger partial charge in [0, 0.05) is 23.4 Å². The molecule has 134 valence electrons. The van der Waals surface area contributed by atoms with Crippen molar-refractivity contribution < 1.29 is 13.2 Å². The third kappa shape index (κ3) is 2.52. The summed E-state index contributed by atoms with van der Waals surface area (Å²) in [5.74, 6) is -0.183. The van der Waals surface area contributed by atoms with Crippen LogP contribution in [-0.4, -0.2) is 20.9 Å². The SMILES string of the molecule is CC(C)=C1C(=O)Nc2ccc(S(=O)(=O)N3CCCc4ccccc43)cc21. The molecule has 2 aliphatic rings. The van der Waals surface area contributed by atoms with E-state index in [4.69, 9.17) is 0 Å². The van der Waals surface area contributed by atoms with Crippen LogP contribution in [0, 0.1) is 0 Å². The van der Waals surface area contributed by atoms with Crippen molar-refractivity contribution in [2.75, 3.05) is 16.2 Å². The molecule has 0 bridgehead atoms. The summed E-state index contributed by atoms with van der Waals surface area (Å²) in [6.45, 7) is 4.17. The predicted molar refractivity (Wildman–Crippen MR) is 103 cm³/mol. The van der Waals surface area contributed by atoms with E-state index in [1.54, 1.807) is 18.2 Å². The summed E-state index contributed by atoms with van der Waals surface area (Å²) in [7, 11) is -3.69. The molecular weight excluding hydrogens is 348 g/mol. The van der Waals surface area contributed by atoms with Crippen LogP contribution < -0.4 is 9.62 Å². The van der Waals surface area contributed by atoms with E-state index < -0.39 is 10.0 Å². The molecule has 4 rings (SSSR count). The van der Waals surface area contributed by atoms with Crippen LogP contribution in [0.4, 0.5) is 11.4 Å². The fourth-order valence-corrected chi connectivity index (χ4v) is 5.25. The smallest absolute Gasteiger partial charge is 0.264 e. The van der Waals surface area contributed by atoms with Gasteiger partial charge in [0.25, 0.3) is 15.9 Å². The quantitative estimate of drug-likeness (QED) is 0.824. The lowest BCUT2D eigenvalue weighted by atomic mass is 10.0. The second kappa shape index (κ2) is 5.99. The van der Waals surface area contributed by atoms with Gasteiger partial charge in [-0.3, -0.25) is 9.10 Å². The largest absolute Gasteiger partial charge is 0.321 e. The van der Waals surface area contributed by atoms with Crippen LogP contribution in [0.3, 0.4) is 0 Å². The molecule has 1 N–H and O–H groups in total. The Balaban J connectivity index is 1.83. The van der Waals surface area contributed by atoms with Gasteiger partial charge in [-0.1, -0.05) is 23.8 Å². The van der Waals surface area contributed by atoms with E-state index in [0.29, 0.717) is 23.4 Å². The average Bonchev–Trinajstić information content (AvgIpc) is 2.96. The summed E-state index contributed by atoms with van der Waals surface area (Å²) < 4.78 is 28.1. The monoisotopic (exact) mass is 368 g/mol. The molecule has 0 unspecified atom stereocenters. The van der Waals surface area contributed by atoms with Gasteiger partial charge in [0.1, 0.15) is 0 Å². The van der Waals surface area contributed by atoms with Crippen molar-refractivity contribution in [3.8, 4) is 0 Å². The Morgan fingerprint density at radius 1 is 1.12 bits per heavy atom. The number of nitrogens with zero attached hydrogens (tertiary/aromatic N) is 1. The third-order valence-corrected chi connectivity index (χ3v) is 6.70. The normalized spacial score (nSPS) is 16.2. The first kappa shape index (κ1) is 16.8. The minimum Gasteiger partial charge on any atom is -0.321 e. The highest BCUT2D eigenvalue weighted by molar-refractivity contribution is 7.92. The summed E-state index contributed by atoms with van der Waals surface area (Å²) in [4.78, 5) is 12.4. The maximum absolute atomic E-state index is 13.3. The van der Waals surface area contributed by atoms with Gasteiger partial charge in [-0.15, -0.1) is 0 Å². The summed E-state index contributed by atoms with van der Waals surface area (Å²) in [5.41, 5.74) is 4.52. The molecule has 0 saturated carbocycles. The predicted octanol–water partition coefficient (Wildman–Crippen LogP) is 3.57. The van der Waals surface area contributed by atoms with Crippen LogP contribution in [0.5, 0.6) is 0 Å². The number of carbonyl (C=O) groups excluding carboxylic acids is 1. The zero-order valence-corrected chi connectivity index (χ0v) is 15.6. The lowest BCUT2D eigenvalue weighted by Crippen LogP contribution is -2.35. The van der Waals surface area contributed by atoms with Gasteiger partial charge in [0.05, 0.1) is 10.6 Å². The first-order valence-electron chi connectivity index (χ1n) is 8.63. The second-order valence-corrected chi connectivity index (χ2v) is 8.71. The van der Waals surface area contributed by atoms with Gasteiger partial charge in [-0.2, -0.15) is 0 Å². The number of benzene rings is 2. The van der Waals surface area contributed by atoms with Crippen LogP contribution in [0.1, 0.15) is 31.4 Å². The Labute approximate surface area is 153 Å². The Bertz CT molecular complexity index is 1050. The molecule has 0 saturated heterocycles. The van der Waals surface area contributed by atoms with Gasteiger partial charge in [-0.25, -0.2) is 8.42 Å². The number of anilines is 2. The first-order chi connectivity index (χ1) is 12.4. The summed E-state index contributed by atoms with van der Waals surface area (Å²) in [6.07, 6.45) is 1.67. The zero-order valence-electron chi connectivity index (χ0n) is 14.7. The van der Waals surface area contributed by atoms with Crippen molar-refractivity contribution in [3.63, 3.8) is 0 Å². The molecule has 0 spiro atoms. The molecule has 0 fully saturated rings. The molecule has 1 amide bonds. The van der Waals surface area contributed by atoms with Crippen molar-refractivity contribution in [2.45, 2.75) is 31.6 Å². The maximum atomic E-state index is 13.3. The van der Waals surface area contributed by atoms with Crippen molar-refractivity contribution in [1.82, 2.24) is 0 Å². The number of nitrogens with one attached hydrogen (secondary N) is 1. The van der Waals surface area contributed by atoms with E-state index in [1.807, 2.05) is 38.1 Å². The highest BCUT2D eigenvalue weighted by Gasteiger charge is 2.32. The molecular formula is C20H20N2O3S. The molecule has 0 atom stereocenters. The maximum Gasteiger partial charge on any atom is 0.264 e. The number of allylic oxidation sites excluding steroid dienone is 1. The number of rotatable bonds is 2. The lowest BCUT2D eigenvalue weighted by Gasteiger charge is -2.30. The van der Waals surface area contributed by atoms with E-state index in [0.717, 1.165) is 29.7 Å². The van der Waals surface area contributed by atoms with E-state index in [9.17, 15) is 13.2 Å². The van der Waals surface area contributed by atoms with Gasteiger partial charge >= 0.3 is 0 Å². The van der Waals surface area contributed by atoms with Gasteiger partial charge in [0.15, 0.2) is 0 Å². The highest BCUT2D eigenvalue weighted by atomic mass is 32.2. The number of amides is 1. The number of hydrogen-bond acceptors (Lipinski definition) is 3. The van der Waals surface area contributed by atoms with Crippen LogP contribution in [-0.2, 0) is 21.2 Å². The van der Waals surface area contributed by atoms with Crippen LogP contribution >= 0.6 is 0 Å². The van der Waals surface area contributed by atoms with E-state index in [1.165, 1.54) is 4.31 Å². The lowest BCUT2D eigenvalue weighted by molar-refractivity contribution is -0.110. The van der Waals surface area contributed by atoms with Crippen molar-refractivity contribution >= 4 is 32.9 Å². The molecule has 0 radical (unpaired) electrons. The van der Waals surface area contributed by atoms with Crippen LogP contribution in [0.15, 0.2) is 52.9 Å². The second-order valence-electron chi connectivity index (χ2n) is 6.85. The van der Waals surface area contributed by atoms with Crippen molar-refractivity contribution in [2.24, 2.45) is 0 Å². The van der Waals surface area contributed by atoms with Crippen molar-refractivity contribution in [1.29, 1.82) is 0 Å². The Hall–Kier alpha value is -2.60. The Morgan fingerprint density at radius 2 is 1.88 bits per heavy atom. The summed E-state index contributed by atoms with van der Waals surface area (Å²) >= 11 is 0. The zero-order chi connectivity index (χ0) is 18.5. The fourth-order valence-electron chi connectivity index (χ4n) is 3.68. The Kier molecular flexibility index (Phi) is 3.88. The molecule has 6 heteroatoms. The van der Waals surface area contributed by atoms with Crippen LogP contribution in [0.25, 0.3) is 5.57 Å². The highest BCUT2D eigenvalue weighted by Crippen LogP contribution is 2.37. The fraction of sp³-hybridized carbons (Fsp3) is 0.250. The molecule has 26 heavy (non-hydrogen) atoms. The summed E-state index contributed by atoms with van der Waals surface area (Å²) in [5, 5.41) is 2.80. The van der Waals surface area contributed by atoms with E-state index in [2.05, 4.69) is 5.32 Å². The Morgan fingerprint density at radius 3 is 2.65 bits per heavy atom. The average molecular weight is 368 g/mol. The number of sulfonamides is 1. The van der Waals surface area contributed by atoms with Crippen LogP contribution in [0.2, 0.25) is 0 Å². The molecule has 2 aromatic carbocycles. The molecule has 2 aromatic rings. The number of fused-ring (bicyclic) bond motifs is 2. The topological polar surface area (TPSA) is 66.5 Å².